The average molecular weight is 208 g/mol. The molecule has 8 heteroatoms. The van der Waals surface area contributed by atoms with E-state index >= 15 is 0 Å². The summed E-state index contributed by atoms with van der Waals surface area (Å²) in [5.41, 5.74) is 0.651. The first-order chi connectivity index (χ1) is 7.16. The number of rotatable bonds is 3. The van der Waals surface area contributed by atoms with Crippen LogP contribution in [0.5, 0.6) is 0 Å². The number of hydrogen-bond acceptors (Lipinski definition) is 5. The van der Waals surface area contributed by atoms with E-state index in [2.05, 4.69) is 15.3 Å². The molecule has 0 saturated heterocycles. The maximum absolute atomic E-state index is 10.6. The van der Waals surface area contributed by atoms with Crippen LogP contribution in [0.25, 0.3) is 0 Å². The van der Waals surface area contributed by atoms with Gasteiger partial charge in [-0.25, -0.2) is 4.57 Å². The lowest BCUT2D eigenvalue weighted by Crippen LogP contribution is -2.04. The molecule has 0 spiro atoms. The molecule has 2 heterocycles. The van der Waals surface area contributed by atoms with Gasteiger partial charge in [-0.1, -0.05) is 10.2 Å². The minimum atomic E-state index is -0.531. The highest BCUT2D eigenvalue weighted by Crippen LogP contribution is 2.09. The van der Waals surface area contributed by atoms with Crippen molar-refractivity contribution in [1.82, 2.24) is 24.5 Å². The van der Waals surface area contributed by atoms with Gasteiger partial charge in [0.25, 0.3) is 0 Å². The predicted molar refractivity (Wildman–Crippen MR) is 49.0 cm³/mol. The third-order valence-corrected chi connectivity index (χ3v) is 1.84. The second-order valence-corrected chi connectivity index (χ2v) is 3.00. The number of imidazole rings is 1. The summed E-state index contributed by atoms with van der Waals surface area (Å²) < 4.78 is 2.95. The fourth-order valence-electron chi connectivity index (χ4n) is 1.24. The van der Waals surface area contributed by atoms with Crippen LogP contribution in [0.2, 0.25) is 0 Å². The predicted octanol–water partition coefficient (Wildman–Crippen LogP) is -0.0319. The van der Waals surface area contributed by atoms with E-state index in [-0.39, 0.29) is 5.95 Å². The standard InChI is InChI=1S/C7H8N6O2/c1-11-4-6(9-10-11)5-12-3-2-8-7(12)13(14)15/h2-4H,5H2,1H3. The smallest absolute Gasteiger partial charge is 0.390 e. The van der Waals surface area contributed by atoms with Crippen LogP contribution >= 0.6 is 0 Å². The SMILES string of the molecule is Cn1cc(Cn2ccnc2[N+](=O)[O-])nn1. The molecule has 0 atom stereocenters. The molecule has 0 aliphatic carbocycles. The Morgan fingerprint density at radius 3 is 3.00 bits per heavy atom. The van der Waals surface area contributed by atoms with Crippen LogP contribution in [0.15, 0.2) is 18.6 Å². The molecule has 0 aliphatic rings. The monoisotopic (exact) mass is 208 g/mol. The molecule has 8 nitrogen and oxygen atoms in total. The van der Waals surface area contributed by atoms with Crippen molar-refractivity contribution in [2.24, 2.45) is 7.05 Å². The third kappa shape index (κ3) is 1.82. The van der Waals surface area contributed by atoms with Crippen molar-refractivity contribution >= 4 is 5.95 Å². The van der Waals surface area contributed by atoms with Crippen LogP contribution in [0.3, 0.4) is 0 Å². The van der Waals surface area contributed by atoms with Crippen LogP contribution < -0.4 is 0 Å². The highest BCUT2D eigenvalue weighted by atomic mass is 16.6. The fraction of sp³-hybridized carbons (Fsp3) is 0.286. The molecule has 15 heavy (non-hydrogen) atoms. The summed E-state index contributed by atoms with van der Waals surface area (Å²) in [6, 6.07) is 0. The lowest BCUT2D eigenvalue weighted by molar-refractivity contribution is -0.396. The number of aromatic nitrogens is 5. The summed E-state index contributed by atoms with van der Waals surface area (Å²) in [6.07, 6.45) is 4.62. The van der Waals surface area contributed by atoms with E-state index in [9.17, 15) is 10.1 Å². The first kappa shape index (κ1) is 9.31. The zero-order valence-corrected chi connectivity index (χ0v) is 7.94. The molecule has 0 unspecified atom stereocenters. The van der Waals surface area contributed by atoms with Crippen molar-refractivity contribution in [3.8, 4) is 0 Å². The minimum absolute atomic E-state index is 0.194. The summed E-state index contributed by atoms with van der Waals surface area (Å²) in [4.78, 5) is 13.7. The summed E-state index contributed by atoms with van der Waals surface area (Å²) in [5.74, 6) is -0.194. The molecule has 0 fully saturated rings. The fourth-order valence-corrected chi connectivity index (χ4v) is 1.24. The van der Waals surface area contributed by atoms with Crippen LogP contribution in [0, 0.1) is 10.1 Å². The maximum Gasteiger partial charge on any atom is 0.434 e. The molecule has 78 valence electrons. The van der Waals surface area contributed by atoms with Crippen molar-refractivity contribution in [3.05, 3.63) is 34.4 Å². The van der Waals surface area contributed by atoms with Gasteiger partial charge < -0.3 is 10.1 Å². The Balaban J connectivity index is 2.24. The van der Waals surface area contributed by atoms with Gasteiger partial charge in [-0.15, -0.1) is 5.10 Å². The average Bonchev–Trinajstić information content (AvgIpc) is 2.75. The molecule has 0 amide bonds. The summed E-state index contributed by atoms with van der Waals surface area (Å²) in [6.45, 7) is 0.296. The Hall–Kier alpha value is -2.25. The van der Waals surface area contributed by atoms with Gasteiger partial charge in [-0.05, 0) is 4.92 Å². The maximum atomic E-state index is 10.6. The summed E-state index contributed by atoms with van der Waals surface area (Å²) >= 11 is 0. The second kappa shape index (κ2) is 3.48. The zero-order chi connectivity index (χ0) is 10.8. The van der Waals surface area contributed by atoms with Gasteiger partial charge in [0, 0.05) is 7.05 Å². The first-order valence-corrected chi connectivity index (χ1v) is 4.17. The molecule has 2 rings (SSSR count). The van der Waals surface area contributed by atoms with Gasteiger partial charge in [-0.3, -0.25) is 4.68 Å². The molecule has 0 saturated carbocycles. The summed E-state index contributed by atoms with van der Waals surface area (Å²) in [7, 11) is 1.73. The summed E-state index contributed by atoms with van der Waals surface area (Å²) in [5, 5.41) is 18.1. The first-order valence-electron chi connectivity index (χ1n) is 4.17. The van der Waals surface area contributed by atoms with Crippen molar-refractivity contribution in [1.29, 1.82) is 0 Å². The number of nitrogens with zero attached hydrogens (tertiary/aromatic N) is 6. The molecule has 0 radical (unpaired) electrons. The molecule has 0 aromatic carbocycles. The van der Waals surface area contributed by atoms with Gasteiger partial charge in [-0.2, -0.15) is 0 Å². The Morgan fingerprint density at radius 1 is 1.60 bits per heavy atom. The Bertz CT molecular complexity index is 487. The largest absolute Gasteiger partial charge is 0.434 e. The molecule has 0 bridgehead atoms. The Morgan fingerprint density at radius 2 is 2.40 bits per heavy atom. The Kier molecular flexibility index (Phi) is 2.16. The second-order valence-electron chi connectivity index (χ2n) is 3.00. The van der Waals surface area contributed by atoms with Gasteiger partial charge in [0.15, 0.2) is 0 Å². The lowest BCUT2D eigenvalue weighted by Gasteiger charge is -1.97. The van der Waals surface area contributed by atoms with E-state index in [1.54, 1.807) is 13.2 Å². The van der Waals surface area contributed by atoms with Crippen molar-refractivity contribution in [3.63, 3.8) is 0 Å². The highest BCUT2D eigenvalue weighted by molar-refractivity contribution is 5.09. The van der Waals surface area contributed by atoms with Gasteiger partial charge in [0.1, 0.15) is 24.6 Å². The van der Waals surface area contributed by atoms with Crippen LogP contribution in [-0.4, -0.2) is 29.5 Å². The van der Waals surface area contributed by atoms with E-state index in [1.807, 2.05) is 0 Å². The molecule has 2 aromatic rings. The molecule has 2 aromatic heterocycles. The number of hydrogen-bond donors (Lipinski definition) is 0. The van der Waals surface area contributed by atoms with Crippen LogP contribution in [0.4, 0.5) is 5.95 Å². The lowest BCUT2D eigenvalue weighted by atomic mass is 10.5. The topological polar surface area (TPSA) is 91.7 Å². The number of aryl methyl sites for hydroxylation is 1. The van der Waals surface area contributed by atoms with E-state index in [1.165, 1.54) is 21.6 Å². The van der Waals surface area contributed by atoms with Gasteiger partial charge in [0.05, 0.1) is 6.20 Å². The zero-order valence-electron chi connectivity index (χ0n) is 7.94. The minimum Gasteiger partial charge on any atom is -0.390 e. The van der Waals surface area contributed by atoms with E-state index in [0.717, 1.165) is 0 Å². The van der Waals surface area contributed by atoms with E-state index < -0.39 is 4.92 Å². The van der Waals surface area contributed by atoms with E-state index in [0.29, 0.717) is 12.2 Å². The molecule has 0 N–H and O–H groups in total. The van der Waals surface area contributed by atoms with Crippen molar-refractivity contribution in [2.45, 2.75) is 6.54 Å². The normalized spacial score (nSPS) is 10.5. The van der Waals surface area contributed by atoms with Crippen LogP contribution in [-0.2, 0) is 13.6 Å². The Labute approximate surface area is 84.3 Å². The van der Waals surface area contributed by atoms with Gasteiger partial charge in [0.2, 0.25) is 0 Å². The van der Waals surface area contributed by atoms with E-state index in [4.69, 9.17) is 0 Å². The van der Waals surface area contributed by atoms with Crippen LogP contribution in [0.1, 0.15) is 5.69 Å². The molecule has 0 aliphatic heterocycles. The highest BCUT2D eigenvalue weighted by Gasteiger charge is 2.15. The number of nitro groups is 1. The third-order valence-electron chi connectivity index (χ3n) is 1.84. The molecular weight excluding hydrogens is 200 g/mol. The van der Waals surface area contributed by atoms with Crippen molar-refractivity contribution < 1.29 is 4.92 Å². The quantitative estimate of drug-likeness (QED) is 0.521. The van der Waals surface area contributed by atoms with Gasteiger partial charge >= 0.3 is 5.95 Å². The molecular formula is C7H8N6O2. The van der Waals surface area contributed by atoms with Crippen molar-refractivity contribution in [2.75, 3.05) is 0 Å².